The van der Waals surface area contributed by atoms with Gasteiger partial charge in [0.1, 0.15) is 0 Å². The van der Waals surface area contributed by atoms with Crippen molar-refractivity contribution >= 4 is 5.97 Å². The predicted octanol–water partition coefficient (Wildman–Crippen LogP) is 2.17. The fourth-order valence-electron chi connectivity index (χ4n) is 3.14. The summed E-state index contributed by atoms with van der Waals surface area (Å²) in [4.78, 5) is 14.1. The molecule has 0 aliphatic heterocycles. The summed E-state index contributed by atoms with van der Waals surface area (Å²) in [5, 5.41) is 0. The maximum atomic E-state index is 11.8. The highest BCUT2D eigenvalue weighted by molar-refractivity contribution is 5.71. The summed E-state index contributed by atoms with van der Waals surface area (Å²) < 4.78 is 5.10. The van der Waals surface area contributed by atoms with Crippen LogP contribution in [0.2, 0.25) is 0 Å². The molecule has 2 unspecified atom stereocenters. The van der Waals surface area contributed by atoms with Gasteiger partial charge in [0, 0.05) is 6.04 Å². The molecular formula is C15H30N2O2. The van der Waals surface area contributed by atoms with Gasteiger partial charge in [0.25, 0.3) is 0 Å². The molecule has 0 bridgehead atoms. The van der Waals surface area contributed by atoms with Crippen molar-refractivity contribution in [3.8, 4) is 0 Å². The molecule has 19 heavy (non-hydrogen) atoms. The first kappa shape index (κ1) is 16.4. The topological polar surface area (TPSA) is 55.6 Å². The zero-order valence-corrected chi connectivity index (χ0v) is 12.6. The van der Waals surface area contributed by atoms with E-state index in [2.05, 4.69) is 11.8 Å². The Morgan fingerprint density at radius 1 is 1.26 bits per heavy atom. The lowest BCUT2D eigenvalue weighted by Crippen LogP contribution is -2.46. The molecule has 4 nitrogen and oxygen atoms in total. The van der Waals surface area contributed by atoms with Gasteiger partial charge in [0.05, 0.1) is 13.2 Å². The van der Waals surface area contributed by atoms with Crippen molar-refractivity contribution in [3.05, 3.63) is 0 Å². The molecular weight excluding hydrogens is 240 g/mol. The van der Waals surface area contributed by atoms with Crippen molar-refractivity contribution in [2.75, 3.05) is 26.2 Å². The molecule has 0 heterocycles. The molecule has 1 aliphatic carbocycles. The van der Waals surface area contributed by atoms with Crippen LogP contribution in [0.4, 0.5) is 0 Å². The molecule has 2 N–H and O–H groups in total. The molecule has 0 saturated heterocycles. The third-order valence-electron chi connectivity index (χ3n) is 4.04. The maximum Gasteiger partial charge on any atom is 0.320 e. The van der Waals surface area contributed by atoms with Crippen molar-refractivity contribution < 1.29 is 9.53 Å². The van der Waals surface area contributed by atoms with Crippen molar-refractivity contribution in [3.63, 3.8) is 0 Å². The average molecular weight is 270 g/mol. The van der Waals surface area contributed by atoms with Crippen LogP contribution >= 0.6 is 0 Å². The molecule has 112 valence electrons. The van der Waals surface area contributed by atoms with Crippen LogP contribution in [-0.4, -0.2) is 43.2 Å². The van der Waals surface area contributed by atoms with Gasteiger partial charge >= 0.3 is 5.97 Å². The summed E-state index contributed by atoms with van der Waals surface area (Å²) in [7, 11) is 0. The van der Waals surface area contributed by atoms with Gasteiger partial charge in [-0.1, -0.05) is 26.2 Å². The lowest BCUT2D eigenvalue weighted by Gasteiger charge is -2.35. The number of nitrogens with zero attached hydrogens (tertiary/aromatic N) is 1. The van der Waals surface area contributed by atoms with Gasteiger partial charge in [0.15, 0.2) is 0 Å². The first-order chi connectivity index (χ1) is 9.22. The van der Waals surface area contributed by atoms with Crippen LogP contribution in [0.3, 0.4) is 0 Å². The van der Waals surface area contributed by atoms with E-state index in [4.69, 9.17) is 10.5 Å². The Bertz CT molecular complexity index is 259. The zero-order valence-electron chi connectivity index (χ0n) is 12.6. The highest BCUT2D eigenvalue weighted by atomic mass is 16.5. The monoisotopic (exact) mass is 270 g/mol. The zero-order chi connectivity index (χ0) is 14.1. The van der Waals surface area contributed by atoms with E-state index < -0.39 is 0 Å². The quantitative estimate of drug-likeness (QED) is 0.569. The van der Waals surface area contributed by atoms with Crippen LogP contribution in [0.25, 0.3) is 0 Å². The molecule has 0 radical (unpaired) electrons. The molecule has 0 amide bonds. The third-order valence-corrected chi connectivity index (χ3v) is 4.04. The van der Waals surface area contributed by atoms with Gasteiger partial charge in [-0.15, -0.1) is 0 Å². The van der Waals surface area contributed by atoms with Crippen molar-refractivity contribution in [1.82, 2.24) is 4.90 Å². The second kappa shape index (κ2) is 9.32. The maximum absolute atomic E-state index is 11.8. The van der Waals surface area contributed by atoms with E-state index in [0.29, 0.717) is 25.1 Å². The number of ether oxygens (including phenoxy) is 1. The summed E-state index contributed by atoms with van der Waals surface area (Å²) >= 11 is 0. The molecule has 0 spiro atoms. The van der Waals surface area contributed by atoms with Gasteiger partial charge < -0.3 is 10.5 Å². The minimum Gasteiger partial charge on any atom is -0.465 e. The second-order valence-electron chi connectivity index (χ2n) is 5.48. The van der Waals surface area contributed by atoms with Gasteiger partial charge in [-0.25, -0.2) is 0 Å². The lowest BCUT2D eigenvalue weighted by atomic mass is 9.93. The van der Waals surface area contributed by atoms with E-state index in [1.165, 1.54) is 32.1 Å². The van der Waals surface area contributed by atoms with E-state index >= 15 is 0 Å². The fourth-order valence-corrected chi connectivity index (χ4v) is 3.14. The number of hydrogen-bond donors (Lipinski definition) is 1. The minimum absolute atomic E-state index is 0.101. The molecule has 0 aromatic carbocycles. The van der Waals surface area contributed by atoms with E-state index in [9.17, 15) is 4.79 Å². The van der Waals surface area contributed by atoms with Crippen LogP contribution < -0.4 is 5.73 Å². The third kappa shape index (κ3) is 5.49. The highest BCUT2D eigenvalue weighted by Crippen LogP contribution is 2.27. The number of carbonyl (C=O) groups is 1. The predicted molar refractivity (Wildman–Crippen MR) is 77.9 cm³/mol. The number of hydrogen-bond acceptors (Lipinski definition) is 4. The lowest BCUT2D eigenvalue weighted by molar-refractivity contribution is -0.145. The van der Waals surface area contributed by atoms with Crippen molar-refractivity contribution in [2.24, 2.45) is 11.7 Å². The van der Waals surface area contributed by atoms with E-state index in [1.807, 2.05) is 6.92 Å². The number of nitrogens with two attached hydrogens (primary N) is 1. The standard InChI is InChI=1S/C15H30N2O2/c1-3-10-17(12-15(18)19-4-2)14-9-7-5-6-8-13(14)11-16/h13-14H,3-12,16H2,1-2H3. The van der Waals surface area contributed by atoms with E-state index in [1.54, 1.807) is 0 Å². The molecule has 2 atom stereocenters. The normalized spacial score (nSPS) is 24.2. The van der Waals surface area contributed by atoms with Crippen LogP contribution in [0.15, 0.2) is 0 Å². The SMILES string of the molecule is CCCN(CC(=O)OCC)C1CCCCCC1CN. The van der Waals surface area contributed by atoms with Crippen LogP contribution in [0, 0.1) is 5.92 Å². The molecule has 4 heteroatoms. The second-order valence-corrected chi connectivity index (χ2v) is 5.48. The Hall–Kier alpha value is -0.610. The van der Waals surface area contributed by atoms with Crippen molar-refractivity contribution in [1.29, 1.82) is 0 Å². The van der Waals surface area contributed by atoms with E-state index in [-0.39, 0.29) is 5.97 Å². The van der Waals surface area contributed by atoms with Gasteiger partial charge in [-0.2, -0.15) is 0 Å². The summed E-state index contributed by atoms with van der Waals surface area (Å²) in [5.41, 5.74) is 5.94. The van der Waals surface area contributed by atoms with Crippen LogP contribution in [0.5, 0.6) is 0 Å². The van der Waals surface area contributed by atoms with Crippen LogP contribution in [0.1, 0.15) is 52.4 Å². The summed E-state index contributed by atoms with van der Waals surface area (Å²) in [6.07, 6.45) is 7.26. The largest absolute Gasteiger partial charge is 0.465 e. The summed E-state index contributed by atoms with van der Waals surface area (Å²) in [6, 6.07) is 0.455. The van der Waals surface area contributed by atoms with Gasteiger partial charge in [-0.3, -0.25) is 9.69 Å². The van der Waals surface area contributed by atoms with Crippen molar-refractivity contribution in [2.45, 2.75) is 58.4 Å². The van der Waals surface area contributed by atoms with Gasteiger partial charge in [0.2, 0.25) is 0 Å². The smallest absolute Gasteiger partial charge is 0.320 e. The first-order valence-electron chi connectivity index (χ1n) is 7.82. The highest BCUT2D eigenvalue weighted by Gasteiger charge is 2.29. The first-order valence-corrected chi connectivity index (χ1v) is 7.82. The Morgan fingerprint density at radius 2 is 2.00 bits per heavy atom. The summed E-state index contributed by atoms with van der Waals surface area (Å²) in [5.74, 6) is 0.430. The Labute approximate surface area is 117 Å². The van der Waals surface area contributed by atoms with Crippen LogP contribution in [-0.2, 0) is 9.53 Å². The molecule has 1 aliphatic rings. The fraction of sp³-hybridized carbons (Fsp3) is 0.933. The Balaban J connectivity index is 2.67. The number of carbonyl (C=O) groups excluding carboxylic acids is 1. The number of rotatable bonds is 7. The molecule has 1 rings (SSSR count). The summed E-state index contributed by atoms with van der Waals surface area (Å²) in [6.45, 7) is 6.59. The Kier molecular flexibility index (Phi) is 8.07. The number of esters is 1. The molecule has 0 aromatic heterocycles. The molecule has 0 aromatic rings. The molecule has 1 fully saturated rings. The average Bonchev–Trinajstić information content (AvgIpc) is 2.63. The molecule has 1 saturated carbocycles. The van der Waals surface area contributed by atoms with E-state index in [0.717, 1.165) is 19.5 Å². The Morgan fingerprint density at radius 3 is 2.63 bits per heavy atom. The van der Waals surface area contributed by atoms with Gasteiger partial charge in [-0.05, 0) is 45.2 Å². The minimum atomic E-state index is -0.101.